The van der Waals surface area contributed by atoms with Crippen LogP contribution in [0.3, 0.4) is 0 Å². The molecule has 2 rings (SSSR count). The van der Waals surface area contributed by atoms with Crippen LogP contribution < -0.4 is 10.6 Å². The maximum absolute atomic E-state index is 13.4. The normalized spacial score (nSPS) is 19.2. The second-order valence-corrected chi connectivity index (χ2v) is 4.85. The van der Waals surface area contributed by atoms with Gasteiger partial charge in [0.25, 0.3) is 5.91 Å². The second kappa shape index (κ2) is 6.61. The molecule has 1 aromatic carbocycles. The zero-order valence-corrected chi connectivity index (χ0v) is 10.7. The van der Waals surface area contributed by atoms with Crippen LogP contribution in [0, 0.1) is 17.6 Å². The van der Waals surface area contributed by atoms with Gasteiger partial charge in [0, 0.05) is 6.54 Å². The summed E-state index contributed by atoms with van der Waals surface area (Å²) in [7, 11) is 0. The van der Waals surface area contributed by atoms with Gasteiger partial charge in [0.15, 0.2) is 0 Å². The Morgan fingerprint density at radius 1 is 1.37 bits per heavy atom. The average molecular weight is 268 g/mol. The largest absolute Gasteiger partial charge is 0.352 e. The number of piperidine rings is 1. The van der Waals surface area contributed by atoms with E-state index < -0.39 is 23.1 Å². The monoisotopic (exact) mass is 268 g/mol. The number of rotatable bonds is 4. The van der Waals surface area contributed by atoms with Crippen molar-refractivity contribution in [1.29, 1.82) is 0 Å². The van der Waals surface area contributed by atoms with Crippen LogP contribution in [-0.4, -0.2) is 25.5 Å². The van der Waals surface area contributed by atoms with Crippen LogP contribution in [-0.2, 0) is 0 Å². The van der Waals surface area contributed by atoms with Crippen LogP contribution in [0.4, 0.5) is 8.78 Å². The SMILES string of the molecule is O=C(NCCC1CCCNC1)c1c(F)cccc1F. The Bertz CT molecular complexity index is 425. The number of hydrogen-bond acceptors (Lipinski definition) is 2. The molecule has 1 atom stereocenters. The average Bonchev–Trinajstić information content (AvgIpc) is 2.40. The van der Waals surface area contributed by atoms with Crippen LogP contribution in [0.1, 0.15) is 29.6 Å². The first-order valence-corrected chi connectivity index (χ1v) is 6.61. The highest BCUT2D eigenvalue weighted by Gasteiger charge is 2.17. The Balaban J connectivity index is 1.84. The van der Waals surface area contributed by atoms with Gasteiger partial charge in [-0.15, -0.1) is 0 Å². The minimum Gasteiger partial charge on any atom is -0.352 e. The quantitative estimate of drug-likeness (QED) is 0.878. The first-order valence-electron chi connectivity index (χ1n) is 6.61. The third-order valence-electron chi connectivity index (χ3n) is 3.43. The third-order valence-corrected chi connectivity index (χ3v) is 3.43. The summed E-state index contributed by atoms with van der Waals surface area (Å²) in [6, 6.07) is 3.42. The molecule has 1 aliphatic heterocycles. The zero-order valence-electron chi connectivity index (χ0n) is 10.7. The van der Waals surface area contributed by atoms with Crippen molar-refractivity contribution in [3.05, 3.63) is 35.4 Å². The number of carbonyl (C=O) groups is 1. The Kier molecular flexibility index (Phi) is 4.85. The van der Waals surface area contributed by atoms with Crippen LogP contribution in [0.2, 0.25) is 0 Å². The Morgan fingerprint density at radius 3 is 2.74 bits per heavy atom. The maximum atomic E-state index is 13.4. The van der Waals surface area contributed by atoms with Crippen molar-refractivity contribution in [3.8, 4) is 0 Å². The molecule has 2 N–H and O–H groups in total. The molecule has 0 aliphatic carbocycles. The van der Waals surface area contributed by atoms with E-state index in [4.69, 9.17) is 0 Å². The van der Waals surface area contributed by atoms with Crippen LogP contribution in [0.15, 0.2) is 18.2 Å². The molecule has 104 valence electrons. The number of carbonyl (C=O) groups excluding carboxylic acids is 1. The van der Waals surface area contributed by atoms with Gasteiger partial charge in [0.2, 0.25) is 0 Å². The lowest BCUT2D eigenvalue weighted by Gasteiger charge is -2.22. The van der Waals surface area contributed by atoms with Crippen molar-refractivity contribution >= 4 is 5.91 Å². The second-order valence-electron chi connectivity index (χ2n) is 4.85. The summed E-state index contributed by atoms with van der Waals surface area (Å²) in [6.07, 6.45) is 3.10. The number of halogens is 2. The number of amides is 1. The molecule has 1 fully saturated rings. The van der Waals surface area contributed by atoms with Crippen molar-refractivity contribution < 1.29 is 13.6 Å². The summed E-state index contributed by atoms with van der Waals surface area (Å²) < 4.78 is 26.7. The number of hydrogen-bond donors (Lipinski definition) is 2. The molecular weight excluding hydrogens is 250 g/mol. The van der Waals surface area contributed by atoms with E-state index in [0.29, 0.717) is 12.5 Å². The van der Waals surface area contributed by atoms with Gasteiger partial charge in [-0.3, -0.25) is 4.79 Å². The molecule has 1 unspecified atom stereocenters. The molecular formula is C14H18F2N2O. The van der Waals surface area contributed by atoms with Crippen LogP contribution in [0.5, 0.6) is 0 Å². The van der Waals surface area contributed by atoms with Gasteiger partial charge < -0.3 is 10.6 Å². The van der Waals surface area contributed by atoms with E-state index in [1.165, 1.54) is 6.07 Å². The molecule has 0 saturated carbocycles. The molecule has 0 radical (unpaired) electrons. The number of benzene rings is 1. The van der Waals surface area contributed by atoms with E-state index in [2.05, 4.69) is 10.6 Å². The molecule has 0 bridgehead atoms. The van der Waals surface area contributed by atoms with E-state index in [1.807, 2.05) is 0 Å². The third kappa shape index (κ3) is 3.73. The molecule has 1 saturated heterocycles. The van der Waals surface area contributed by atoms with E-state index in [-0.39, 0.29) is 0 Å². The molecule has 3 nitrogen and oxygen atoms in total. The summed E-state index contributed by atoms with van der Waals surface area (Å²) in [4.78, 5) is 11.7. The Labute approximate surface area is 111 Å². The fraction of sp³-hybridized carbons (Fsp3) is 0.500. The fourth-order valence-corrected chi connectivity index (χ4v) is 2.36. The van der Waals surface area contributed by atoms with Gasteiger partial charge in [-0.2, -0.15) is 0 Å². The predicted molar refractivity (Wildman–Crippen MR) is 68.9 cm³/mol. The molecule has 1 amide bonds. The van der Waals surface area contributed by atoms with Crippen molar-refractivity contribution in [1.82, 2.24) is 10.6 Å². The summed E-state index contributed by atoms with van der Waals surface area (Å²) in [5, 5.41) is 5.87. The fourth-order valence-electron chi connectivity index (χ4n) is 2.36. The highest BCUT2D eigenvalue weighted by molar-refractivity contribution is 5.94. The van der Waals surface area contributed by atoms with Crippen molar-refractivity contribution in [2.24, 2.45) is 5.92 Å². The molecule has 0 spiro atoms. The highest BCUT2D eigenvalue weighted by Crippen LogP contribution is 2.14. The maximum Gasteiger partial charge on any atom is 0.257 e. The zero-order chi connectivity index (χ0) is 13.7. The molecule has 1 aliphatic rings. The Hall–Kier alpha value is -1.49. The first kappa shape index (κ1) is 13.9. The van der Waals surface area contributed by atoms with Crippen LogP contribution in [0.25, 0.3) is 0 Å². The van der Waals surface area contributed by atoms with Crippen molar-refractivity contribution in [2.45, 2.75) is 19.3 Å². The van der Waals surface area contributed by atoms with E-state index in [0.717, 1.165) is 44.5 Å². The van der Waals surface area contributed by atoms with E-state index in [9.17, 15) is 13.6 Å². The summed E-state index contributed by atoms with van der Waals surface area (Å²) in [5.41, 5.74) is -0.496. The smallest absolute Gasteiger partial charge is 0.257 e. The molecule has 0 aromatic heterocycles. The highest BCUT2D eigenvalue weighted by atomic mass is 19.1. The molecule has 19 heavy (non-hydrogen) atoms. The van der Waals surface area contributed by atoms with Gasteiger partial charge in [-0.1, -0.05) is 6.07 Å². The van der Waals surface area contributed by atoms with Crippen LogP contribution >= 0.6 is 0 Å². The van der Waals surface area contributed by atoms with Crippen molar-refractivity contribution in [2.75, 3.05) is 19.6 Å². The minimum atomic E-state index is -0.822. The van der Waals surface area contributed by atoms with Gasteiger partial charge in [-0.05, 0) is 50.4 Å². The first-order chi connectivity index (χ1) is 9.18. The van der Waals surface area contributed by atoms with E-state index in [1.54, 1.807) is 0 Å². The van der Waals surface area contributed by atoms with Gasteiger partial charge in [-0.25, -0.2) is 8.78 Å². The Morgan fingerprint density at radius 2 is 2.11 bits per heavy atom. The lowest BCUT2D eigenvalue weighted by atomic mass is 9.96. The minimum absolute atomic E-state index is 0.443. The number of nitrogens with one attached hydrogen (secondary N) is 2. The topological polar surface area (TPSA) is 41.1 Å². The summed E-state index contributed by atoms with van der Waals surface area (Å²) in [5.74, 6) is -1.80. The standard InChI is InChI=1S/C14H18F2N2O/c15-11-4-1-5-12(16)13(11)14(19)18-8-6-10-3-2-7-17-9-10/h1,4-5,10,17H,2-3,6-9H2,(H,18,19). The van der Waals surface area contributed by atoms with Crippen molar-refractivity contribution in [3.63, 3.8) is 0 Å². The van der Waals surface area contributed by atoms with Gasteiger partial charge in [0.05, 0.1) is 0 Å². The predicted octanol–water partition coefficient (Wildman–Crippen LogP) is 2.08. The lowest BCUT2D eigenvalue weighted by molar-refractivity contribution is 0.0942. The van der Waals surface area contributed by atoms with Gasteiger partial charge >= 0.3 is 0 Å². The van der Waals surface area contributed by atoms with Gasteiger partial charge in [0.1, 0.15) is 17.2 Å². The van der Waals surface area contributed by atoms with E-state index >= 15 is 0 Å². The lowest BCUT2D eigenvalue weighted by Crippen LogP contribution is -2.33. The summed E-state index contributed by atoms with van der Waals surface area (Å²) in [6.45, 7) is 2.44. The summed E-state index contributed by atoms with van der Waals surface area (Å²) >= 11 is 0. The molecule has 5 heteroatoms. The molecule has 1 heterocycles. The molecule has 1 aromatic rings.